The summed E-state index contributed by atoms with van der Waals surface area (Å²) in [5, 5.41) is 3.57. The van der Waals surface area contributed by atoms with Gasteiger partial charge in [-0.3, -0.25) is 9.69 Å². The Kier molecular flexibility index (Phi) is 8.30. The Hall–Kier alpha value is -1.61. The van der Waals surface area contributed by atoms with Gasteiger partial charge in [0.25, 0.3) is 0 Å². The van der Waals surface area contributed by atoms with Crippen molar-refractivity contribution in [3.63, 3.8) is 0 Å². The average Bonchev–Trinajstić information content (AvgIpc) is 3.14. The Morgan fingerprint density at radius 2 is 1.79 bits per heavy atom. The second kappa shape index (κ2) is 10.2. The molecule has 0 radical (unpaired) electrons. The van der Waals surface area contributed by atoms with Crippen molar-refractivity contribution in [3.05, 3.63) is 35.4 Å². The fourth-order valence-electron chi connectivity index (χ4n) is 3.08. The molecule has 0 aliphatic carbocycles. The van der Waals surface area contributed by atoms with Crippen LogP contribution in [-0.2, 0) is 15.8 Å². The summed E-state index contributed by atoms with van der Waals surface area (Å²) >= 11 is 3.16. The first-order valence-corrected chi connectivity index (χ1v) is 9.96. The Labute approximate surface area is 171 Å². The number of benzene rings is 1. The van der Waals surface area contributed by atoms with Gasteiger partial charge < -0.3 is 9.74 Å². The van der Waals surface area contributed by atoms with E-state index in [4.69, 9.17) is 0 Å². The van der Waals surface area contributed by atoms with Gasteiger partial charge in [0, 0.05) is 20.5 Å². The number of piperidine rings is 1. The van der Waals surface area contributed by atoms with Gasteiger partial charge in [0.1, 0.15) is 17.3 Å². The molecule has 28 heavy (non-hydrogen) atoms. The summed E-state index contributed by atoms with van der Waals surface area (Å²) in [5.74, 6) is -0.0957. The molecule has 156 valence electrons. The van der Waals surface area contributed by atoms with Crippen molar-refractivity contribution in [2.45, 2.75) is 37.9 Å². The standard InChI is InChI=1S/C16H21F3N2O.C3H4BrNO/c1-20(2)15(22)14(21-10-4-3-5-11-21)12-6-8-13(9-7-12)16(17,18)19;4-3-1-2-6-5-3/h6-9,14H,3-5,10-11H2,1-2H3;1-2H2. The molecule has 1 fully saturated rings. The lowest BCUT2D eigenvalue weighted by molar-refractivity contribution is -0.137. The van der Waals surface area contributed by atoms with Gasteiger partial charge >= 0.3 is 6.18 Å². The molecular formula is C19H25BrF3N3O2. The van der Waals surface area contributed by atoms with E-state index in [1.807, 2.05) is 0 Å². The molecule has 9 heteroatoms. The zero-order valence-electron chi connectivity index (χ0n) is 16.0. The SMILES string of the molecule is BrC1=NOCC1.CN(C)C(=O)C(c1ccc(C(F)(F)F)cc1)N1CCCCC1. The van der Waals surface area contributed by atoms with Crippen LogP contribution >= 0.6 is 15.9 Å². The number of hydrogen-bond donors (Lipinski definition) is 0. The van der Waals surface area contributed by atoms with Crippen LogP contribution in [0.15, 0.2) is 29.4 Å². The van der Waals surface area contributed by atoms with Crippen LogP contribution in [0.25, 0.3) is 0 Å². The number of amides is 1. The fourth-order valence-corrected chi connectivity index (χ4v) is 3.34. The number of nitrogens with zero attached hydrogens (tertiary/aromatic N) is 3. The van der Waals surface area contributed by atoms with E-state index in [0.29, 0.717) is 5.56 Å². The number of likely N-dealkylation sites (tertiary alicyclic amines) is 1. The highest BCUT2D eigenvalue weighted by molar-refractivity contribution is 9.18. The van der Waals surface area contributed by atoms with Crippen molar-refractivity contribution in [3.8, 4) is 0 Å². The predicted molar refractivity (Wildman–Crippen MR) is 105 cm³/mol. The summed E-state index contributed by atoms with van der Waals surface area (Å²) in [7, 11) is 3.34. The molecular weight excluding hydrogens is 439 g/mol. The van der Waals surface area contributed by atoms with Crippen molar-refractivity contribution >= 4 is 26.5 Å². The minimum Gasteiger partial charge on any atom is -0.395 e. The monoisotopic (exact) mass is 463 g/mol. The summed E-state index contributed by atoms with van der Waals surface area (Å²) in [6, 6.07) is 4.44. The highest BCUT2D eigenvalue weighted by Crippen LogP contribution is 2.32. The maximum Gasteiger partial charge on any atom is 0.416 e. The molecule has 1 amide bonds. The normalized spacial score (nSPS) is 18.4. The zero-order chi connectivity index (χ0) is 20.7. The molecule has 0 saturated carbocycles. The molecule has 2 aliphatic rings. The summed E-state index contributed by atoms with van der Waals surface area (Å²) in [5.41, 5.74) is -0.0699. The third-order valence-corrected chi connectivity index (χ3v) is 5.09. The van der Waals surface area contributed by atoms with E-state index < -0.39 is 17.8 Å². The number of alkyl halides is 3. The molecule has 0 bridgehead atoms. The number of rotatable bonds is 3. The van der Waals surface area contributed by atoms with Crippen LogP contribution in [0.1, 0.15) is 42.9 Å². The Bertz CT molecular complexity index is 672. The molecule has 1 saturated heterocycles. The average molecular weight is 464 g/mol. The number of carbonyl (C=O) groups excluding carboxylic acids is 1. The largest absolute Gasteiger partial charge is 0.416 e. The topological polar surface area (TPSA) is 45.1 Å². The number of carbonyl (C=O) groups is 1. The second-order valence-electron chi connectivity index (χ2n) is 6.90. The highest BCUT2D eigenvalue weighted by Gasteiger charge is 2.33. The third-order valence-electron chi connectivity index (χ3n) is 4.55. The van der Waals surface area contributed by atoms with Crippen LogP contribution in [-0.4, -0.2) is 54.1 Å². The van der Waals surface area contributed by atoms with E-state index in [1.165, 1.54) is 17.0 Å². The van der Waals surface area contributed by atoms with Gasteiger partial charge in [-0.1, -0.05) is 23.7 Å². The molecule has 1 aromatic rings. The lowest BCUT2D eigenvalue weighted by Gasteiger charge is -2.35. The van der Waals surface area contributed by atoms with Gasteiger partial charge in [0.15, 0.2) is 0 Å². The van der Waals surface area contributed by atoms with Crippen LogP contribution in [0.4, 0.5) is 13.2 Å². The summed E-state index contributed by atoms with van der Waals surface area (Å²) in [4.78, 5) is 20.6. The van der Waals surface area contributed by atoms with Gasteiger partial charge in [-0.15, -0.1) is 0 Å². The summed E-state index contributed by atoms with van der Waals surface area (Å²) in [6.45, 7) is 2.33. The van der Waals surface area contributed by atoms with E-state index in [0.717, 1.165) is 62.1 Å². The van der Waals surface area contributed by atoms with Crippen LogP contribution in [0.2, 0.25) is 0 Å². The Morgan fingerprint density at radius 3 is 2.18 bits per heavy atom. The minimum absolute atomic E-state index is 0.0957. The van der Waals surface area contributed by atoms with Crippen molar-refractivity contribution < 1.29 is 22.8 Å². The first kappa shape index (κ1) is 22.7. The highest BCUT2D eigenvalue weighted by atomic mass is 79.9. The number of oxime groups is 1. The first-order valence-electron chi connectivity index (χ1n) is 9.17. The van der Waals surface area contributed by atoms with Crippen LogP contribution in [0.5, 0.6) is 0 Å². The van der Waals surface area contributed by atoms with Crippen LogP contribution in [0, 0.1) is 0 Å². The van der Waals surface area contributed by atoms with E-state index in [9.17, 15) is 18.0 Å². The van der Waals surface area contributed by atoms with Crippen LogP contribution in [0.3, 0.4) is 0 Å². The first-order chi connectivity index (χ1) is 13.2. The van der Waals surface area contributed by atoms with Gasteiger partial charge in [0.05, 0.1) is 5.56 Å². The molecule has 0 aromatic heterocycles. The van der Waals surface area contributed by atoms with Gasteiger partial charge in [-0.05, 0) is 59.6 Å². The zero-order valence-corrected chi connectivity index (χ0v) is 17.6. The third kappa shape index (κ3) is 6.48. The second-order valence-corrected chi connectivity index (χ2v) is 7.82. The van der Waals surface area contributed by atoms with Gasteiger partial charge in [0.2, 0.25) is 5.91 Å². The predicted octanol–water partition coefficient (Wildman–Crippen LogP) is 4.44. The molecule has 3 rings (SSSR count). The molecule has 1 unspecified atom stereocenters. The van der Waals surface area contributed by atoms with E-state index in [2.05, 4.69) is 30.8 Å². The minimum atomic E-state index is -4.36. The quantitative estimate of drug-likeness (QED) is 0.665. The maximum atomic E-state index is 12.7. The number of likely N-dealkylation sites (N-methyl/N-ethyl adjacent to an activating group) is 1. The molecule has 5 nitrogen and oxygen atoms in total. The van der Waals surface area contributed by atoms with E-state index >= 15 is 0 Å². The Morgan fingerprint density at radius 1 is 1.18 bits per heavy atom. The van der Waals surface area contributed by atoms with Gasteiger partial charge in [-0.25, -0.2) is 0 Å². The molecule has 1 aromatic carbocycles. The number of hydrogen-bond acceptors (Lipinski definition) is 4. The maximum absolute atomic E-state index is 12.7. The van der Waals surface area contributed by atoms with Crippen molar-refractivity contribution in [2.75, 3.05) is 33.8 Å². The molecule has 2 heterocycles. The molecule has 2 aliphatic heterocycles. The molecule has 0 spiro atoms. The van der Waals surface area contributed by atoms with E-state index in [-0.39, 0.29) is 5.91 Å². The smallest absolute Gasteiger partial charge is 0.395 e. The number of halogens is 4. The lowest BCUT2D eigenvalue weighted by atomic mass is 9.99. The van der Waals surface area contributed by atoms with Crippen LogP contribution < -0.4 is 0 Å². The van der Waals surface area contributed by atoms with Crippen molar-refractivity contribution in [1.82, 2.24) is 9.80 Å². The Balaban J connectivity index is 0.000000397. The lowest BCUT2D eigenvalue weighted by Crippen LogP contribution is -2.42. The van der Waals surface area contributed by atoms with Gasteiger partial charge in [-0.2, -0.15) is 13.2 Å². The van der Waals surface area contributed by atoms with Crippen molar-refractivity contribution in [1.29, 1.82) is 0 Å². The molecule has 1 atom stereocenters. The molecule has 0 N–H and O–H groups in total. The summed E-state index contributed by atoms with van der Waals surface area (Å²) < 4.78 is 38.9. The van der Waals surface area contributed by atoms with E-state index in [1.54, 1.807) is 14.1 Å². The van der Waals surface area contributed by atoms with Crippen molar-refractivity contribution in [2.24, 2.45) is 5.16 Å². The summed E-state index contributed by atoms with van der Waals surface area (Å²) in [6.07, 6.45) is -0.271. The fraction of sp³-hybridized carbons (Fsp3) is 0.579.